The van der Waals surface area contributed by atoms with Crippen molar-refractivity contribution in [1.82, 2.24) is 0 Å². The first kappa shape index (κ1) is 14.8. The van der Waals surface area contributed by atoms with Crippen molar-refractivity contribution in [3.63, 3.8) is 0 Å². The molecule has 78 valence electrons. The summed E-state index contributed by atoms with van der Waals surface area (Å²) in [5.74, 6) is 0. The van der Waals surface area contributed by atoms with Gasteiger partial charge in [-0.15, -0.1) is 0 Å². The van der Waals surface area contributed by atoms with Gasteiger partial charge in [0.1, 0.15) is 0 Å². The number of rotatable bonds is 2. The summed E-state index contributed by atoms with van der Waals surface area (Å²) in [6.07, 6.45) is 0. The van der Waals surface area contributed by atoms with Crippen LogP contribution in [0.5, 0.6) is 0 Å². The fourth-order valence-corrected chi connectivity index (χ4v) is 1.45. The molecule has 1 rings (SSSR count). The van der Waals surface area contributed by atoms with Crippen molar-refractivity contribution in [2.24, 2.45) is 5.73 Å². The topological polar surface area (TPSA) is 92.4 Å². The van der Waals surface area contributed by atoms with Gasteiger partial charge in [0.2, 0.25) is 0 Å². The van der Waals surface area contributed by atoms with Gasteiger partial charge >= 0.3 is 29.6 Å². The number of thiocarbonyl (C=S) groups is 1. The molecule has 0 aliphatic heterocycles. The van der Waals surface area contributed by atoms with Crippen LogP contribution in [0.3, 0.4) is 0 Å². The smallest absolute Gasteiger partial charge is 1.00 e. The predicted octanol–water partition coefficient (Wildman–Crippen LogP) is -2.29. The van der Waals surface area contributed by atoms with E-state index >= 15 is 0 Å². The molecule has 15 heavy (non-hydrogen) atoms. The summed E-state index contributed by atoms with van der Waals surface area (Å²) in [7, 11) is -4.14. The van der Waals surface area contributed by atoms with Gasteiger partial charge < -0.3 is 12.5 Å². The predicted molar refractivity (Wildman–Crippen MR) is 57.8 cm³/mol. The molecule has 0 unspecified atom stereocenters. The maximum atomic E-state index is 10.7. The maximum absolute atomic E-state index is 10.7. The van der Waals surface area contributed by atoms with Crippen molar-refractivity contribution in [2.45, 2.75) is 4.90 Å². The Hall–Kier alpha value is -0.180. The molecule has 1 aromatic rings. The van der Waals surface area contributed by atoms with E-state index in [1.165, 1.54) is 24.3 Å². The van der Waals surface area contributed by atoms with Crippen molar-refractivity contribution in [3.8, 4) is 0 Å². The van der Waals surface area contributed by atoms with Crippen LogP contribution in [0.25, 0.3) is 0 Å². The van der Waals surface area contributed by atoms with Gasteiger partial charge in [-0.1, -0.05) is 0 Å². The van der Waals surface area contributed by atoms with Gasteiger partial charge in [-0.2, -0.15) is 8.42 Å². The molecule has 1 aromatic carbocycles. The fourth-order valence-electron chi connectivity index (χ4n) is 0.852. The summed E-state index contributed by atoms with van der Waals surface area (Å²) in [6, 6.07) is 5.39. The van der Waals surface area contributed by atoms with Crippen LogP contribution >= 0.6 is 12.2 Å². The molecule has 0 fully saturated rings. The van der Waals surface area contributed by atoms with Crippen LogP contribution in [0.15, 0.2) is 29.2 Å². The monoisotopic (exact) mass is 256 g/mol. The van der Waals surface area contributed by atoms with Crippen LogP contribution in [0.1, 0.15) is 1.43 Å². The minimum absolute atomic E-state index is 0. The molecule has 0 heterocycles. The minimum atomic E-state index is -4.14. The average Bonchev–Trinajstić information content (AvgIpc) is 2.02. The molecule has 0 aliphatic rings. The Morgan fingerprint density at radius 1 is 1.40 bits per heavy atom. The first-order valence-corrected chi connectivity index (χ1v) is 5.38. The SMILES string of the molecule is NC(=S)Nc1ccc(S(=O)(=O)O)cc1.[H-].[Na+]. The van der Waals surface area contributed by atoms with Gasteiger partial charge in [0.25, 0.3) is 10.1 Å². The van der Waals surface area contributed by atoms with Crippen LogP contribution in [-0.4, -0.2) is 18.1 Å². The molecule has 4 N–H and O–H groups in total. The zero-order valence-corrected chi connectivity index (χ0v) is 11.6. The Morgan fingerprint density at radius 3 is 2.20 bits per heavy atom. The summed E-state index contributed by atoms with van der Waals surface area (Å²) >= 11 is 4.58. The molecule has 0 atom stereocenters. The Morgan fingerprint density at radius 2 is 1.87 bits per heavy atom. The van der Waals surface area contributed by atoms with Crippen LogP contribution in [0, 0.1) is 0 Å². The number of anilines is 1. The number of nitrogens with two attached hydrogens (primary N) is 1. The van der Waals surface area contributed by atoms with Crippen LogP contribution in [0.4, 0.5) is 5.69 Å². The van der Waals surface area contributed by atoms with E-state index in [-0.39, 0.29) is 41.0 Å². The number of benzene rings is 1. The normalized spacial score (nSPS) is 10.2. The van der Waals surface area contributed by atoms with Crippen molar-refractivity contribution in [3.05, 3.63) is 24.3 Å². The van der Waals surface area contributed by atoms with Gasteiger partial charge in [-0.25, -0.2) is 0 Å². The van der Waals surface area contributed by atoms with E-state index in [1.54, 1.807) is 0 Å². The van der Waals surface area contributed by atoms with E-state index in [0.717, 1.165) is 0 Å². The molecule has 0 amide bonds. The van der Waals surface area contributed by atoms with Gasteiger partial charge in [0, 0.05) is 5.69 Å². The Bertz CT molecular complexity index is 449. The van der Waals surface area contributed by atoms with Crippen molar-refractivity contribution >= 4 is 33.1 Å². The van der Waals surface area contributed by atoms with E-state index in [9.17, 15) is 8.42 Å². The van der Waals surface area contributed by atoms with Gasteiger partial charge in [-0.3, -0.25) is 4.55 Å². The summed E-state index contributed by atoms with van der Waals surface area (Å²) in [4.78, 5) is -0.175. The Kier molecular flexibility index (Phi) is 5.71. The first-order valence-electron chi connectivity index (χ1n) is 3.53. The maximum Gasteiger partial charge on any atom is 1.00 e. The molecule has 0 radical (unpaired) electrons. The average molecular weight is 256 g/mol. The standard InChI is InChI=1S/C7H8N2O3S2.Na.H/c8-7(13)9-5-1-3-6(4-2-5)14(10,11)12;;/h1-4H,(H3,8,9,13)(H,10,11,12);;/q;+1;-1. The molecule has 0 spiro atoms. The molecule has 0 saturated carbocycles. The van der Waals surface area contributed by atoms with E-state index < -0.39 is 10.1 Å². The fraction of sp³-hybridized carbons (Fsp3) is 0. The Labute approximate surface area is 117 Å². The quantitative estimate of drug-likeness (QED) is 0.313. The molecule has 0 saturated heterocycles. The molecule has 5 nitrogen and oxygen atoms in total. The van der Waals surface area contributed by atoms with E-state index in [1.807, 2.05) is 0 Å². The summed E-state index contributed by atoms with van der Waals surface area (Å²) < 4.78 is 30.0. The third-order valence-electron chi connectivity index (χ3n) is 1.42. The number of hydrogen-bond donors (Lipinski definition) is 3. The van der Waals surface area contributed by atoms with Gasteiger partial charge in [0.05, 0.1) is 4.90 Å². The molecule has 0 aliphatic carbocycles. The van der Waals surface area contributed by atoms with Crippen molar-refractivity contribution < 1.29 is 44.0 Å². The Balaban J connectivity index is 0. The molecular formula is C7H9N2NaO3S2. The molecule has 8 heteroatoms. The molecule has 0 aromatic heterocycles. The summed E-state index contributed by atoms with van der Waals surface area (Å²) in [6.45, 7) is 0. The minimum Gasteiger partial charge on any atom is -1.00 e. The second-order valence-electron chi connectivity index (χ2n) is 2.49. The van der Waals surface area contributed by atoms with Crippen molar-refractivity contribution in [2.75, 3.05) is 5.32 Å². The largest absolute Gasteiger partial charge is 1.00 e. The summed E-state index contributed by atoms with van der Waals surface area (Å²) in [5, 5.41) is 2.70. The van der Waals surface area contributed by atoms with Crippen LogP contribution in [0.2, 0.25) is 0 Å². The van der Waals surface area contributed by atoms with Gasteiger partial charge in [0.15, 0.2) is 5.11 Å². The first-order chi connectivity index (χ1) is 6.39. The zero-order chi connectivity index (χ0) is 10.8. The zero-order valence-electron chi connectivity index (χ0n) is 8.97. The third-order valence-corrected chi connectivity index (χ3v) is 2.39. The number of nitrogens with one attached hydrogen (secondary N) is 1. The van der Waals surface area contributed by atoms with Crippen LogP contribution < -0.4 is 40.6 Å². The number of hydrogen-bond acceptors (Lipinski definition) is 3. The van der Waals surface area contributed by atoms with E-state index in [4.69, 9.17) is 10.3 Å². The second-order valence-corrected chi connectivity index (χ2v) is 4.35. The third kappa shape index (κ3) is 4.92. The van der Waals surface area contributed by atoms with Gasteiger partial charge in [-0.05, 0) is 36.5 Å². The summed E-state index contributed by atoms with van der Waals surface area (Å²) in [5.41, 5.74) is 5.76. The van der Waals surface area contributed by atoms with Crippen molar-refractivity contribution in [1.29, 1.82) is 0 Å². The van der Waals surface area contributed by atoms with Crippen LogP contribution in [-0.2, 0) is 10.1 Å². The molecule has 0 bridgehead atoms. The van der Waals surface area contributed by atoms with E-state index in [0.29, 0.717) is 5.69 Å². The second kappa shape index (κ2) is 5.78. The van der Waals surface area contributed by atoms with E-state index in [2.05, 4.69) is 17.5 Å². The molecular weight excluding hydrogens is 247 g/mol.